The summed E-state index contributed by atoms with van der Waals surface area (Å²) in [6.45, 7) is 7.13. The molecule has 8 nitrogen and oxygen atoms in total. The van der Waals surface area contributed by atoms with Crippen LogP contribution in [0.5, 0.6) is 5.75 Å². The van der Waals surface area contributed by atoms with Gasteiger partial charge in [-0.3, -0.25) is 4.90 Å². The highest BCUT2D eigenvalue weighted by Gasteiger charge is 2.20. The van der Waals surface area contributed by atoms with Crippen LogP contribution < -0.4 is 16.0 Å². The molecular weight excluding hydrogens is 486 g/mol. The lowest BCUT2D eigenvalue weighted by atomic mass is 9.99. The number of benzene rings is 2. The zero-order valence-corrected chi connectivity index (χ0v) is 22.2. The number of methoxy groups -OCH3 is 2. The van der Waals surface area contributed by atoms with Crippen LogP contribution in [0.25, 0.3) is 33.1 Å². The van der Waals surface area contributed by atoms with Crippen molar-refractivity contribution in [2.24, 2.45) is 0 Å². The Morgan fingerprint density at radius 2 is 1.66 bits per heavy atom. The van der Waals surface area contributed by atoms with Gasteiger partial charge in [-0.1, -0.05) is 23.8 Å². The van der Waals surface area contributed by atoms with Crippen molar-refractivity contribution in [3.05, 3.63) is 86.6 Å². The van der Waals surface area contributed by atoms with Crippen LogP contribution in [0.15, 0.2) is 78.6 Å². The number of nitrogens with zero attached hydrogens (tertiary/aromatic N) is 1. The maximum Gasteiger partial charge on any atom is 0.344 e. The van der Waals surface area contributed by atoms with E-state index in [-0.39, 0.29) is 0 Å². The predicted molar refractivity (Wildman–Crippen MR) is 148 cm³/mol. The number of hydrogen-bond donors (Lipinski definition) is 0. The molecule has 0 bridgehead atoms. The standard InChI is InChI=1S/C30H33NO7/c1-20(2)11-14-36-27-10-9-22-23(24-17-21-7-5-6-8-26(21)37-30(24)33)18-28(32)38-29(22)25(27)19-31(12-15-34-3)13-16-35-4/h5-11,17-18H,12-16,19H2,1-4H3. The zero-order valence-electron chi connectivity index (χ0n) is 22.2. The summed E-state index contributed by atoms with van der Waals surface area (Å²) in [4.78, 5) is 28.0. The highest BCUT2D eigenvalue weighted by molar-refractivity contribution is 5.97. The summed E-state index contributed by atoms with van der Waals surface area (Å²) in [6, 6.07) is 14.0. The van der Waals surface area contributed by atoms with Gasteiger partial charge in [-0.05, 0) is 44.2 Å². The molecule has 0 amide bonds. The Kier molecular flexibility index (Phi) is 9.12. The summed E-state index contributed by atoms with van der Waals surface area (Å²) in [5, 5.41) is 1.38. The van der Waals surface area contributed by atoms with E-state index in [9.17, 15) is 9.59 Å². The van der Waals surface area contributed by atoms with E-state index in [2.05, 4.69) is 4.90 Å². The van der Waals surface area contributed by atoms with Gasteiger partial charge in [-0.15, -0.1) is 0 Å². The molecule has 2 aromatic heterocycles. The van der Waals surface area contributed by atoms with Gasteiger partial charge in [0.25, 0.3) is 0 Å². The van der Waals surface area contributed by atoms with Crippen molar-refractivity contribution in [2.75, 3.05) is 47.1 Å². The maximum absolute atomic E-state index is 13.0. The van der Waals surface area contributed by atoms with Crippen LogP contribution in [0, 0.1) is 0 Å². The molecule has 0 aliphatic heterocycles. The Labute approximate surface area is 221 Å². The minimum absolute atomic E-state index is 0.293. The van der Waals surface area contributed by atoms with Crippen molar-refractivity contribution in [1.29, 1.82) is 0 Å². The minimum atomic E-state index is -0.567. The van der Waals surface area contributed by atoms with Crippen LogP contribution >= 0.6 is 0 Å². The molecule has 38 heavy (non-hydrogen) atoms. The Bertz CT molecular complexity index is 1540. The lowest BCUT2D eigenvalue weighted by Crippen LogP contribution is -2.30. The summed E-state index contributed by atoms with van der Waals surface area (Å²) in [5.41, 5.74) is 2.35. The normalized spacial score (nSPS) is 11.4. The topological polar surface area (TPSA) is 91.4 Å². The molecule has 0 spiro atoms. The maximum atomic E-state index is 13.0. The third-order valence-electron chi connectivity index (χ3n) is 6.24. The number of allylic oxidation sites excluding steroid dienone is 1. The second-order valence-corrected chi connectivity index (χ2v) is 9.24. The van der Waals surface area contributed by atoms with Crippen molar-refractivity contribution >= 4 is 21.9 Å². The van der Waals surface area contributed by atoms with Crippen LogP contribution in [-0.4, -0.2) is 52.0 Å². The Hall–Kier alpha value is -3.72. The van der Waals surface area contributed by atoms with E-state index in [4.69, 9.17) is 23.0 Å². The Balaban J connectivity index is 1.90. The van der Waals surface area contributed by atoms with Gasteiger partial charge in [0.2, 0.25) is 0 Å². The number of rotatable bonds is 12. The Morgan fingerprint density at radius 1 is 0.921 bits per heavy atom. The van der Waals surface area contributed by atoms with Crippen LogP contribution in [-0.2, 0) is 16.0 Å². The van der Waals surface area contributed by atoms with E-state index < -0.39 is 11.3 Å². The molecule has 0 saturated carbocycles. The molecule has 0 N–H and O–H groups in total. The van der Waals surface area contributed by atoms with Crippen molar-refractivity contribution in [3.8, 4) is 16.9 Å². The van der Waals surface area contributed by atoms with Crippen LogP contribution in [0.3, 0.4) is 0 Å². The van der Waals surface area contributed by atoms with Crippen molar-refractivity contribution in [2.45, 2.75) is 20.4 Å². The van der Waals surface area contributed by atoms with Crippen molar-refractivity contribution in [3.63, 3.8) is 0 Å². The second-order valence-electron chi connectivity index (χ2n) is 9.24. The quantitative estimate of drug-likeness (QED) is 0.191. The number of fused-ring (bicyclic) bond motifs is 2. The number of para-hydroxylation sites is 1. The highest BCUT2D eigenvalue weighted by atomic mass is 16.5. The van der Waals surface area contributed by atoms with E-state index in [0.29, 0.717) is 78.4 Å². The molecule has 0 atom stereocenters. The molecule has 4 rings (SSSR count). The first kappa shape index (κ1) is 27.3. The number of ether oxygens (including phenoxy) is 3. The van der Waals surface area contributed by atoms with Crippen LogP contribution in [0.4, 0.5) is 0 Å². The molecule has 0 aliphatic rings. The van der Waals surface area contributed by atoms with Gasteiger partial charge in [0.05, 0.1) is 24.3 Å². The summed E-state index contributed by atoms with van der Waals surface area (Å²) < 4.78 is 28.1. The third-order valence-corrected chi connectivity index (χ3v) is 6.24. The first-order valence-electron chi connectivity index (χ1n) is 12.5. The summed E-state index contributed by atoms with van der Waals surface area (Å²) in [6.07, 6.45) is 1.98. The average molecular weight is 520 g/mol. The molecule has 2 heterocycles. The molecule has 4 aromatic rings. The van der Waals surface area contributed by atoms with Crippen LogP contribution in [0.2, 0.25) is 0 Å². The second kappa shape index (κ2) is 12.7. The lowest BCUT2D eigenvalue weighted by Gasteiger charge is -2.23. The zero-order chi connectivity index (χ0) is 27.1. The van der Waals surface area contributed by atoms with Gasteiger partial charge in [0, 0.05) is 56.3 Å². The van der Waals surface area contributed by atoms with Gasteiger partial charge < -0.3 is 23.0 Å². The van der Waals surface area contributed by atoms with E-state index >= 15 is 0 Å². The molecule has 8 heteroatoms. The van der Waals surface area contributed by atoms with Crippen LogP contribution in [0.1, 0.15) is 19.4 Å². The average Bonchev–Trinajstić information content (AvgIpc) is 2.90. The van der Waals surface area contributed by atoms with Crippen molar-refractivity contribution < 1.29 is 23.0 Å². The molecule has 0 fully saturated rings. The summed E-state index contributed by atoms with van der Waals surface area (Å²) >= 11 is 0. The fourth-order valence-electron chi connectivity index (χ4n) is 4.25. The van der Waals surface area contributed by atoms with Gasteiger partial charge >= 0.3 is 11.3 Å². The molecule has 0 saturated heterocycles. The van der Waals surface area contributed by atoms with E-state index in [1.165, 1.54) is 6.07 Å². The van der Waals surface area contributed by atoms with E-state index in [1.54, 1.807) is 32.4 Å². The first-order chi connectivity index (χ1) is 18.4. The molecular formula is C30H33NO7. The molecule has 200 valence electrons. The smallest absolute Gasteiger partial charge is 0.344 e. The molecule has 2 aromatic carbocycles. The fourth-order valence-corrected chi connectivity index (χ4v) is 4.25. The molecule has 0 aliphatic carbocycles. The van der Waals surface area contributed by atoms with E-state index in [0.717, 1.165) is 11.0 Å². The van der Waals surface area contributed by atoms with E-state index in [1.807, 2.05) is 44.2 Å². The SMILES string of the molecule is COCCN(CCOC)Cc1c(OCC=C(C)C)ccc2c(-c3cc4ccccc4oc3=O)cc(=O)oc12. The minimum Gasteiger partial charge on any atom is -0.489 e. The molecule has 0 unspecified atom stereocenters. The first-order valence-corrected chi connectivity index (χ1v) is 12.5. The fraction of sp³-hybridized carbons (Fsp3) is 0.333. The molecule has 0 radical (unpaired) electrons. The number of hydrogen-bond acceptors (Lipinski definition) is 8. The monoisotopic (exact) mass is 519 g/mol. The van der Waals surface area contributed by atoms with Gasteiger partial charge in [-0.2, -0.15) is 0 Å². The predicted octanol–water partition coefficient (Wildman–Crippen LogP) is 5.01. The highest BCUT2D eigenvalue weighted by Crippen LogP contribution is 2.34. The largest absolute Gasteiger partial charge is 0.489 e. The summed E-state index contributed by atoms with van der Waals surface area (Å²) in [7, 11) is 3.31. The lowest BCUT2D eigenvalue weighted by molar-refractivity contribution is 0.109. The summed E-state index contributed by atoms with van der Waals surface area (Å²) in [5.74, 6) is 0.598. The van der Waals surface area contributed by atoms with Gasteiger partial charge in [0.1, 0.15) is 23.5 Å². The van der Waals surface area contributed by atoms with Gasteiger partial charge in [0.15, 0.2) is 0 Å². The Morgan fingerprint density at radius 3 is 2.37 bits per heavy atom. The third kappa shape index (κ3) is 6.39. The van der Waals surface area contributed by atoms with Gasteiger partial charge in [-0.25, -0.2) is 9.59 Å². The van der Waals surface area contributed by atoms with Crippen molar-refractivity contribution in [1.82, 2.24) is 4.90 Å².